The van der Waals surface area contributed by atoms with Crippen LogP contribution in [0.3, 0.4) is 0 Å². The van der Waals surface area contributed by atoms with Crippen LogP contribution in [0.2, 0.25) is 10.0 Å². The van der Waals surface area contributed by atoms with Gasteiger partial charge in [-0.15, -0.1) is 0 Å². The van der Waals surface area contributed by atoms with E-state index in [4.69, 9.17) is 49.9 Å². The van der Waals surface area contributed by atoms with Gasteiger partial charge < -0.3 is 24.6 Å². The third-order valence-corrected chi connectivity index (χ3v) is 6.61. The second kappa shape index (κ2) is 12.5. The maximum atomic E-state index is 6.25. The molecule has 0 radical (unpaired) electrons. The van der Waals surface area contributed by atoms with Gasteiger partial charge in [-0.05, 0) is 50.3 Å². The molecule has 0 spiro atoms. The summed E-state index contributed by atoms with van der Waals surface area (Å²) in [5, 5.41) is 7.77. The van der Waals surface area contributed by atoms with Crippen LogP contribution in [-0.2, 0) is 0 Å². The quantitative estimate of drug-likeness (QED) is 0.236. The number of benzene rings is 2. The zero-order valence-corrected chi connectivity index (χ0v) is 23.9. The fraction of sp³-hybridized carbons (Fsp3) is 0.308. The molecular weight excluding hydrogens is 545 g/mol. The molecule has 0 bridgehead atoms. The van der Waals surface area contributed by atoms with E-state index >= 15 is 0 Å². The summed E-state index contributed by atoms with van der Waals surface area (Å²) < 4.78 is 10.8. The molecule has 200 valence electrons. The number of piperazine rings is 1. The Bertz CT molecular complexity index is 1330. The Morgan fingerprint density at radius 3 is 2.24 bits per heavy atom. The van der Waals surface area contributed by atoms with Crippen molar-refractivity contribution in [1.82, 2.24) is 14.9 Å². The number of hydrogen-bond donors (Lipinski definition) is 2. The Morgan fingerprint density at radius 1 is 0.921 bits per heavy atom. The highest BCUT2D eigenvalue weighted by atomic mass is 35.5. The van der Waals surface area contributed by atoms with Crippen LogP contribution >= 0.6 is 35.4 Å². The number of aryl methyl sites for hydroxylation is 2. The predicted molar refractivity (Wildman–Crippen MR) is 159 cm³/mol. The van der Waals surface area contributed by atoms with Crippen LogP contribution in [0, 0.1) is 13.8 Å². The van der Waals surface area contributed by atoms with Gasteiger partial charge in [-0.1, -0.05) is 29.3 Å². The highest BCUT2D eigenvalue weighted by Crippen LogP contribution is 2.36. The van der Waals surface area contributed by atoms with Crippen molar-refractivity contribution in [3.8, 4) is 11.5 Å². The molecule has 2 heterocycles. The lowest BCUT2D eigenvalue weighted by atomic mass is 10.2. The monoisotopic (exact) mass is 573 g/mol. The number of guanidine groups is 1. The van der Waals surface area contributed by atoms with Crippen molar-refractivity contribution >= 4 is 63.8 Å². The Hall–Kier alpha value is -3.34. The van der Waals surface area contributed by atoms with Crippen molar-refractivity contribution in [1.29, 1.82) is 0 Å². The molecule has 1 fully saturated rings. The van der Waals surface area contributed by atoms with Gasteiger partial charge in [0.2, 0.25) is 17.0 Å². The Labute approximate surface area is 237 Å². The molecule has 0 aliphatic carbocycles. The number of halogens is 2. The van der Waals surface area contributed by atoms with Crippen molar-refractivity contribution in [3.05, 3.63) is 63.9 Å². The van der Waals surface area contributed by atoms with Gasteiger partial charge >= 0.3 is 0 Å². The zero-order valence-electron chi connectivity index (χ0n) is 21.6. The normalized spacial score (nSPS) is 13.8. The molecule has 1 aromatic heterocycles. The summed E-state index contributed by atoms with van der Waals surface area (Å²) in [5.41, 5.74) is 3.37. The minimum atomic E-state index is 0.219. The molecule has 1 aliphatic heterocycles. The largest absolute Gasteiger partial charge is 0.495 e. The number of aromatic nitrogens is 2. The molecule has 3 aromatic rings. The Balaban J connectivity index is 1.58. The number of hydrogen-bond acceptors (Lipinski definition) is 6. The van der Waals surface area contributed by atoms with Gasteiger partial charge in [0, 0.05) is 60.4 Å². The van der Waals surface area contributed by atoms with Gasteiger partial charge in [0.1, 0.15) is 11.5 Å². The van der Waals surface area contributed by atoms with Crippen molar-refractivity contribution in [3.63, 3.8) is 0 Å². The molecule has 38 heavy (non-hydrogen) atoms. The number of anilines is 3. The van der Waals surface area contributed by atoms with Crippen molar-refractivity contribution in [2.45, 2.75) is 13.8 Å². The highest BCUT2D eigenvalue weighted by Gasteiger charge is 2.22. The Kier molecular flexibility index (Phi) is 9.09. The average Bonchev–Trinajstić information content (AvgIpc) is 2.88. The first-order valence-electron chi connectivity index (χ1n) is 11.9. The molecule has 1 aliphatic rings. The summed E-state index contributed by atoms with van der Waals surface area (Å²) in [4.78, 5) is 18.2. The molecule has 9 nitrogen and oxygen atoms in total. The van der Waals surface area contributed by atoms with Crippen molar-refractivity contribution in [2.75, 3.05) is 55.9 Å². The lowest BCUT2D eigenvalue weighted by Gasteiger charge is -2.37. The van der Waals surface area contributed by atoms with E-state index in [1.807, 2.05) is 38.1 Å². The zero-order chi connectivity index (χ0) is 27.2. The number of methoxy groups -OCH3 is 2. The number of nitrogens with zero attached hydrogens (tertiary/aromatic N) is 5. The van der Waals surface area contributed by atoms with E-state index in [0.29, 0.717) is 52.2 Å². The number of thiocarbonyl (C=S) groups is 1. The lowest BCUT2D eigenvalue weighted by molar-refractivity contribution is 0.385. The molecule has 1 saturated heterocycles. The highest BCUT2D eigenvalue weighted by molar-refractivity contribution is 7.80. The summed E-state index contributed by atoms with van der Waals surface area (Å²) in [6.45, 7) is 6.79. The van der Waals surface area contributed by atoms with E-state index in [1.165, 1.54) is 0 Å². The van der Waals surface area contributed by atoms with Crippen LogP contribution in [0.5, 0.6) is 11.5 Å². The third kappa shape index (κ3) is 6.94. The van der Waals surface area contributed by atoms with Crippen LogP contribution < -0.4 is 25.0 Å². The van der Waals surface area contributed by atoms with Crippen LogP contribution in [0.25, 0.3) is 0 Å². The summed E-state index contributed by atoms with van der Waals surface area (Å²) in [6, 6.07) is 13.2. The predicted octanol–water partition coefficient (Wildman–Crippen LogP) is 5.40. The molecule has 0 atom stereocenters. The first-order chi connectivity index (χ1) is 18.2. The minimum Gasteiger partial charge on any atom is -0.495 e. The smallest absolute Gasteiger partial charge is 0.229 e. The first-order valence-corrected chi connectivity index (χ1v) is 13.1. The van der Waals surface area contributed by atoms with Gasteiger partial charge in [0.15, 0.2) is 0 Å². The molecule has 0 saturated carbocycles. The summed E-state index contributed by atoms with van der Waals surface area (Å²) in [6.07, 6.45) is 0. The number of aliphatic imine (C=N–C) groups is 1. The summed E-state index contributed by atoms with van der Waals surface area (Å²) in [5.74, 6) is 1.99. The molecule has 0 amide bonds. The molecule has 0 unspecified atom stereocenters. The van der Waals surface area contributed by atoms with Gasteiger partial charge in [-0.3, -0.25) is 5.32 Å². The maximum Gasteiger partial charge on any atom is 0.229 e. The summed E-state index contributed by atoms with van der Waals surface area (Å²) in [7, 11) is 3.10. The van der Waals surface area contributed by atoms with Gasteiger partial charge in [0.25, 0.3) is 0 Å². The third-order valence-electron chi connectivity index (χ3n) is 5.88. The maximum absolute atomic E-state index is 6.25. The number of rotatable bonds is 5. The molecule has 2 aromatic carbocycles. The van der Waals surface area contributed by atoms with Crippen LogP contribution in [0.15, 0.2) is 47.5 Å². The number of nitrogens with one attached hydrogen (secondary N) is 2. The molecule has 2 N–H and O–H groups in total. The van der Waals surface area contributed by atoms with Crippen LogP contribution in [-0.4, -0.2) is 66.3 Å². The second-order valence-electron chi connectivity index (χ2n) is 8.61. The second-order valence-corrected chi connectivity index (χ2v) is 9.84. The molecule has 12 heteroatoms. The van der Waals surface area contributed by atoms with Gasteiger partial charge in [-0.25, -0.2) is 9.97 Å². The molecular formula is C26H29Cl2N7O2S. The number of ether oxygens (including phenoxy) is 2. The van der Waals surface area contributed by atoms with E-state index in [0.717, 1.165) is 30.2 Å². The fourth-order valence-corrected chi connectivity index (χ4v) is 4.72. The van der Waals surface area contributed by atoms with Crippen LogP contribution in [0.4, 0.5) is 17.3 Å². The topological polar surface area (TPSA) is 87.1 Å². The van der Waals surface area contributed by atoms with E-state index < -0.39 is 0 Å². The van der Waals surface area contributed by atoms with E-state index in [9.17, 15) is 0 Å². The van der Waals surface area contributed by atoms with Gasteiger partial charge in [0.05, 0.1) is 24.9 Å². The van der Waals surface area contributed by atoms with Crippen molar-refractivity contribution in [2.24, 2.45) is 4.99 Å². The van der Waals surface area contributed by atoms with E-state index in [2.05, 4.69) is 36.5 Å². The summed E-state index contributed by atoms with van der Waals surface area (Å²) >= 11 is 18.1. The standard InChI is InChI=1S/C26H29Cl2N7O2S/c1-16-12-17(2)30-24(29-16)32-25(35-10-8-34(9-11-35)19-7-5-6-18(27)13-19)33-26(38)31-21-15-22(36-3)20(28)14-23(21)37-4/h5-7,12-15H,8-11H2,1-4H3,(H2,29,30,31,32,33,38). The average molecular weight is 575 g/mol. The minimum absolute atomic E-state index is 0.219. The Morgan fingerprint density at radius 2 is 1.61 bits per heavy atom. The van der Waals surface area contributed by atoms with Gasteiger partial charge in [-0.2, -0.15) is 4.99 Å². The van der Waals surface area contributed by atoms with E-state index in [-0.39, 0.29) is 5.11 Å². The van der Waals surface area contributed by atoms with Crippen molar-refractivity contribution < 1.29 is 9.47 Å². The SMILES string of the molecule is COc1cc(NC(=S)/N=C(/Nc2nc(C)cc(C)n2)N2CCN(c3cccc(Cl)c3)CC2)c(OC)cc1Cl. The first kappa shape index (κ1) is 27.7. The fourth-order valence-electron chi connectivity index (χ4n) is 4.11. The van der Waals surface area contributed by atoms with E-state index in [1.54, 1.807) is 26.4 Å². The van der Waals surface area contributed by atoms with Crippen LogP contribution in [0.1, 0.15) is 11.4 Å². The lowest BCUT2D eigenvalue weighted by Crippen LogP contribution is -2.51. The molecule has 4 rings (SSSR count).